The van der Waals surface area contributed by atoms with Crippen LogP contribution in [0.2, 0.25) is 0 Å². The Bertz CT molecular complexity index is 629. The summed E-state index contributed by atoms with van der Waals surface area (Å²) in [4.78, 5) is 19.7. The Morgan fingerprint density at radius 2 is 2.45 bits per heavy atom. The third kappa shape index (κ3) is 3.35. The molecule has 2 N–H and O–H groups in total. The molecule has 0 radical (unpaired) electrons. The highest BCUT2D eigenvalue weighted by molar-refractivity contribution is 7.09. The third-order valence-electron chi connectivity index (χ3n) is 3.96. The summed E-state index contributed by atoms with van der Waals surface area (Å²) in [6.45, 7) is 3.79. The normalized spacial score (nSPS) is 19.0. The Labute approximate surface area is 134 Å². The number of piperazine rings is 1. The van der Waals surface area contributed by atoms with Crippen molar-refractivity contribution in [1.82, 2.24) is 20.5 Å². The average Bonchev–Trinajstić information content (AvgIpc) is 3.08. The first kappa shape index (κ1) is 15.1. The number of amides is 1. The van der Waals surface area contributed by atoms with Gasteiger partial charge in [-0.2, -0.15) is 0 Å². The van der Waals surface area contributed by atoms with Crippen LogP contribution in [0.15, 0.2) is 36.0 Å². The molecule has 22 heavy (non-hydrogen) atoms. The molecule has 6 heteroatoms. The Kier molecular flexibility index (Phi) is 4.82. The fourth-order valence-corrected chi connectivity index (χ4v) is 3.44. The van der Waals surface area contributed by atoms with Crippen molar-refractivity contribution >= 4 is 17.2 Å². The molecule has 1 aromatic heterocycles. The van der Waals surface area contributed by atoms with E-state index in [4.69, 9.17) is 0 Å². The highest BCUT2D eigenvalue weighted by Gasteiger charge is 2.24. The largest absolute Gasteiger partial charge is 0.355 e. The van der Waals surface area contributed by atoms with Gasteiger partial charge in [0, 0.05) is 55.9 Å². The van der Waals surface area contributed by atoms with Crippen LogP contribution in [-0.4, -0.2) is 42.5 Å². The van der Waals surface area contributed by atoms with E-state index >= 15 is 0 Å². The first-order valence-corrected chi connectivity index (χ1v) is 8.30. The third-order valence-corrected chi connectivity index (χ3v) is 4.72. The van der Waals surface area contributed by atoms with Crippen molar-refractivity contribution in [3.63, 3.8) is 0 Å². The second-order valence-corrected chi connectivity index (χ2v) is 6.33. The molecular formula is C16H20N4OS. The predicted molar refractivity (Wildman–Crippen MR) is 88.0 cm³/mol. The average molecular weight is 316 g/mol. The molecule has 116 valence electrons. The first-order valence-electron chi connectivity index (χ1n) is 7.42. The molecule has 1 atom stereocenters. The Balaban J connectivity index is 1.82. The van der Waals surface area contributed by atoms with Crippen molar-refractivity contribution in [1.29, 1.82) is 0 Å². The second-order valence-electron chi connectivity index (χ2n) is 5.36. The fourth-order valence-electron chi connectivity index (χ4n) is 2.82. The van der Waals surface area contributed by atoms with E-state index < -0.39 is 0 Å². The van der Waals surface area contributed by atoms with Crippen LogP contribution in [0.1, 0.15) is 26.8 Å². The summed E-state index contributed by atoms with van der Waals surface area (Å²) in [5, 5.41) is 6.14. The summed E-state index contributed by atoms with van der Waals surface area (Å²) in [6.07, 6.45) is 1.94. The van der Waals surface area contributed by atoms with Crippen molar-refractivity contribution in [2.24, 2.45) is 0 Å². The van der Waals surface area contributed by atoms with Crippen LogP contribution in [0.4, 0.5) is 0 Å². The standard InChI is InChI=1S/C16H20N4OS/c1-17-16(21)13-4-2-3-12(7-13)15-9-18-5-6-20(15)10-14-8-19-11-22-14/h2-4,7-8,11,15,18H,5-6,9-10H2,1H3,(H,17,21)/t15-/m1/s1. The summed E-state index contributed by atoms with van der Waals surface area (Å²) in [6, 6.07) is 8.19. The van der Waals surface area contributed by atoms with E-state index in [0.717, 1.165) is 26.2 Å². The van der Waals surface area contributed by atoms with Gasteiger partial charge in [-0.05, 0) is 17.7 Å². The number of nitrogens with one attached hydrogen (secondary N) is 2. The topological polar surface area (TPSA) is 57.3 Å². The van der Waals surface area contributed by atoms with E-state index in [1.807, 2.05) is 29.9 Å². The molecule has 0 aliphatic carbocycles. The molecule has 0 bridgehead atoms. The van der Waals surface area contributed by atoms with E-state index in [9.17, 15) is 4.79 Å². The minimum Gasteiger partial charge on any atom is -0.355 e. The number of benzene rings is 1. The molecule has 0 saturated carbocycles. The molecular weight excluding hydrogens is 296 g/mol. The van der Waals surface area contributed by atoms with Gasteiger partial charge in [0.1, 0.15) is 0 Å². The van der Waals surface area contributed by atoms with E-state index in [1.165, 1.54) is 10.4 Å². The Morgan fingerprint density at radius 1 is 1.55 bits per heavy atom. The van der Waals surface area contributed by atoms with Gasteiger partial charge in [0.25, 0.3) is 5.91 Å². The van der Waals surface area contributed by atoms with Crippen LogP contribution in [-0.2, 0) is 6.54 Å². The summed E-state index contributed by atoms with van der Waals surface area (Å²) in [7, 11) is 1.66. The number of rotatable bonds is 4. The second kappa shape index (κ2) is 7.00. The van der Waals surface area contributed by atoms with Crippen LogP contribution in [0, 0.1) is 0 Å². The molecule has 1 aromatic carbocycles. The summed E-state index contributed by atoms with van der Waals surface area (Å²) in [5.74, 6) is -0.0420. The Hall–Kier alpha value is -1.76. The summed E-state index contributed by atoms with van der Waals surface area (Å²) in [5.41, 5.74) is 3.76. The molecule has 3 rings (SSSR count). The molecule has 5 nitrogen and oxygen atoms in total. The summed E-state index contributed by atoms with van der Waals surface area (Å²) >= 11 is 1.69. The minimum absolute atomic E-state index is 0.0420. The van der Waals surface area contributed by atoms with Gasteiger partial charge < -0.3 is 10.6 Å². The van der Waals surface area contributed by atoms with E-state index in [1.54, 1.807) is 18.4 Å². The monoisotopic (exact) mass is 316 g/mol. The zero-order valence-corrected chi connectivity index (χ0v) is 13.4. The number of carbonyl (C=O) groups excluding carboxylic acids is 1. The van der Waals surface area contributed by atoms with Crippen LogP contribution in [0.3, 0.4) is 0 Å². The van der Waals surface area contributed by atoms with Gasteiger partial charge in [-0.3, -0.25) is 14.7 Å². The first-order chi connectivity index (χ1) is 10.8. The highest BCUT2D eigenvalue weighted by atomic mass is 32.1. The van der Waals surface area contributed by atoms with Crippen LogP contribution in [0.5, 0.6) is 0 Å². The van der Waals surface area contributed by atoms with Crippen molar-refractivity contribution in [2.45, 2.75) is 12.6 Å². The maximum atomic E-state index is 11.8. The van der Waals surface area contributed by atoms with Crippen molar-refractivity contribution in [3.8, 4) is 0 Å². The zero-order chi connectivity index (χ0) is 15.4. The Morgan fingerprint density at radius 3 is 3.23 bits per heavy atom. The molecule has 1 fully saturated rings. The number of thiazole rings is 1. The van der Waals surface area contributed by atoms with Gasteiger partial charge in [-0.1, -0.05) is 12.1 Å². The molecule has 0 spiro atoms. The minimum atomic E-state index is -0.0420. The van der Waals surface area contributed by atoms with Crippen LogP contribution >= 0.6 is 11.3 Å². The van der Waals surface area contributed by atoms with Crippen LogP contribution in [0.25, 0.3) is 0 Å². The highest BCUT2D eigenvalue weighted by Crippen LogP contribution is 2.25. The van der Waals surface area contributed by atoms with Gasteiger partial charge in [-0.25, -0.2) is 0 Å². The maximum Gasteiger partial charge on any atom is 0.251 e. The zero-order valence-electron chi connectivity index (χ0n) is 12.6. The molecule has 1 amide bonds. The van der Waals surface area contributed by atoms with Crippen molar-refractivity contribution in [2.75, 3.05) is 26.7 Å². The molecule has 0 unspecified atom stereocenters. The van der Waals surface area contributed by atoms with Gasteiger partial charge >= 0.3 is 0 Å². The maximum absolute atomic E-state index is 11.8. The van der Waals surface area contributed by atoms with Crippen LogP contribution < -0.4 is 10.6 Å². The lowest BCUT2D eigenvalue weighted by molar-refractivity contribution is 0.0962. The fraction of sp³-hybridized carbons (Fsp3) is 0.375. The number of aromatic nitrogens is 1. The molecule has 1 aliphatic rings. The molecule has 1 saturated heterocycles. The SMILES string of the molecule is CNC(=O)c1cccc([C@H]2CNCCN2Cc2cncs2)c1. The summed E-state index contributed by atoms with van der Waals surface area (Å²) < 4.78 is 0. The van der Waals surface area contributed by atoms with E-state index in [2.05, 4.69) is 26.6 Å². The van der Waals surface area contributed by atoms with Gasteiger partial charge in [-0.15, -0.1) is 11.3 Å². The number of hydrogen-bond acceptors (Lipinski definition) is 5. The number of carbonyl (C=O) groups is 1. The quantitative estimate of drug-likeness (QED) is 0.900. The van der Waals surface area contributed by atoms with E-state index in [0.29, 0.717) is 5.56 Å². The van der Waals surface area contributed by atoms with E-state index in [-0.39, 0.29) is 11.9 Å². The molecule has 1 aliphatic heterocycles. The smallest absolute Gasteiger partial charge is 0.251 e. The van der Waals surface area contributed by atoms with Gasteiger partial charge in [0.2, 0.25) is 0 Å². The lowest BCUT2D eigenvalue weighted by Gasteiger charge is -2.36. The number of hydrogen-bond donors (Lipinski definition) is 2. The van der Waals surface area contributed by atoms with Gasteiger partial charge in [0.15, 0.2) is 0 Å². The molecule has 2 aromatic rings. The van der Waals surface area contributed by atoms with Crippen molar-refractivity contribution < 1.29 is 4.79 Å². The predicted octanol–water partition coefficient (Wildman–Crippen LogP) is 1.65. The lowest BCUT2D eigenvalue weighted by Crippen LogP contribution is -2.45. The van der Waals surface area contributed by atoms with Crippen molar-refractivity contribution in [3.05, 3.63) is 52.0 Å². The number of nitrogens with zero attached hydrogens (tertiary/aromatic N) is 2. The van der Waals surface area contributed by atoms with Gasteiger partial charge in [0.05, 0.1) is 5.51 Å². The lowest BCUT2D eigenvalue weighted by atomic mass is 10.0. The molecule has 2 heterocycles.